The summed E-state index contributed by atoms with van der Waals surface area (Å²) < 4.78 is 0. The lowest BCUT2D eigenvalue weighted by Gasteiger charge is -1.79. The summed E-state index contributed by atoms with van der Waals surface area (Å²) in [6.45, 7) is 25.6. The van der Waals surface area contributed by atoms with Crippen molar-refractivity contribution in [1.82, 2.24) is 0 Å². The molecule has 0 heteroatoms. The third-order valence-electron chi connectivity index (χ3n) is 1.41. The molecule has 0 N–H and O–H groups in total. The minimum atomic E-state index is 0. The molecule has 27 heavy (non-hydrogen) atoms. The fraction of sp³-hybridized carbons (Fsp3) is 1.00. The minimum Gasteiger partial charge on any atom is -0.0776 e. The van der Waals surface area contributed by atoms with Crippen molar-refractivity contribution in [2.75, 3.05) is 0 Å². The van der Waals surface area contributed by atoms with Crippen LogP contribution in [0.4, 0.5) is 0 Å². The van der Waals surface area contributed by atoms with Gasteiger partial charge in [0.1, 0.15) is 0 Å². The van der Waals surface area contributed by atoms with Gasteiger partial charge in [-0.05, 0) is 0 Å². The smallest absolute Gasteiger partial charge is 0.0538 e. The maximum atomic E-state index is 2.21. The van der Waals surface area contributed by atoms with Gasteiger partial charge in [-0.1, -0.05) is 185 Å². The van der Waals surface area contributed by atoms with Crippen molar-refractivity contribution in [1.29, 1.82) is 0 Å². The van der Waals surface area contributed by atoms with Crippen LogP contribution in [0.2, 0.25) is 0 Å². The van der Waals surface area contributed by atoms with E-state index < -0.39 is 0 Å². The van der Waals surface area contributed by atoms with Gasteiger partial charge in [0.05, 0.1) is 0 Å². The topological polar surface area (TPSA) is 0 Å². The monoisotopic (exact) mass is 403 g/mol. The Kier molecular flexibility index (Phi) is 603. The van der Waals surface area contributed by atoms with E-state index in [-0.39, 0.29) is 44.6 Å². The molecular weight excluding hydrogens is 324 g/mol. The SMILES string of the molecule is C.C.C.C.C.C.CC.CCC.CCC.CCC.CCCCC.CCCCC. The van der Waals surface area contributed by atoms with Crippen LogP contribution in [0.15, 0.2) is 0 Å². The molecule has 0 aromatic heterocycles. The van der Waals surface area contributed by atoms with Gasteiger partial charge in [0, 0.05) is 0 Å². The Hall–Kier alpha value is 0. The zero-order chi connectivity index (χ0) is 18.4. The van der Waals surface area contributed by atoms with E-state index in [0.717, 1.165) is 0 Å². The first-order chi connectivity index (χ1) is 10.1. The summed E-state index contributed by atoms with van der Waals surface area (Å²) in [6.07, 6.45) is 11.9. The third kappa shape index (κ3) is 936. The third-order valence-corrected chi connectivity index (χ3v) is 1.41. The van der Waals surface area contributed by atoms with E-state index >= 15 is 0 Å². The molecule has 0 unspecified atom stereocenters. The van der Waals surface area contributed by atoms with Gasteiger partial charge < -0.3 is 0 Å². The van der Waals surface area contributed by atoms with E-state index in [1.165, 1.54) is 57.8 Å². The summed E-state index contributed by atoms with van der Waals surface area (Å²) in [5, 5.41) is 0. The Balaban J connectivity index is -0.00000000980. The largest absolute Gasteiger partial charge is 0.0776 e. The zero-order valence-electron chi connectivity index (χ0n) is 18.4. The van der Waals surface area contributed by atoms with Gasteiger partial charge in [0.25, 0.3) is 0 Å². The molecule has 0 saturated heterocycles. The maximum Gasteiger partial charge on any atom is -0.0538 e. The highest BCUT2D eigenvalue weighted by atomic mass is 13.7. The zero-order valence-corrected chi connectivity index (χ0v) is 18.4. The molecule has 0 fully saturated rings. The maximum absolute atomic E-state index is 2.21. The molecule has 0 saturated carbocycles. The summed E-state index contributed by atoms with van der Waals surface area (Å²) in [5.41, 5.74) is 0. The van der Waals surface area contributed by atoms with E-state index in [2.05, 4.69) is 69.2 Å². The molecular formula is C27H78. The van der Waals surface area contributed by atoms with Gasteiger partial charge in [-0.15, -0.1) is 0 Å². The Morgan fingerprint density at radius 1 is 0.296 bits per heavy atom. The highest BCUT2D eigenvalue weighted by Gasteiger charge is 1.68. The fourth-order valence-electron chi connectivity index (χ4n) is 0.707. The van der Waals surface area contributed by atoms with Crippen LogP contribution in [0.25, 0.3) is 0 Å². The second-order valence-electron chi connectivity index (χ2n) is 4.83. The Bertz CT molecular complexity index is 42.3. The molecule has 0 spiro atoms. The van der Waals surface area contributed by atoms with Crippen LogP contribution in [0, 0.1) is 0 Å². The molecule has 0 rings (SSSR count). The second-order valence-corrected chi connectivity index (χ2v) is 4.83. The van der Waals surface area contributed by atoms with E-state index in [4.69, 9.17) is 0 Å². The molecule has 186 valence electrons. The van der Waals surface area contributed by atoms with Crippen molar-refractivity contribution >= 4 is 0 Å². The molecule has 0 radical (unpaired) electrons. The fourth-order valence-corrected chi connectivity index (χ4v) is 0.707. The summed E-state index contributed by atoms with van der Waals surface area (Å²) in [4.78, 5) is 0. The van der Waals surface area contributed by atoms with E-state index in [1.807, 2.05) is 13.8 Å². The van der Waals surface area contributed by atoms with Gasteiger partial charge in [-0.2, -0.15) is 0 Å². The second kappa shape index (κ2) is 201. The van der Waals surface area contributed by atoms with Crippen molar-refractivity contribution in [3.8, 4) is 0 Å². The van der Waals surface area contributed by atoms with Crippen LogP contribution in [-0.2, 0) is 0 Å². The predicted octanol–water partition coefficient (Wildman–Crippen LogP) is 13.5. The van der Waals surface area contributed by atoms with Crippen molar-refractivity contribution in [3.63, 3.8) is 0 Å². The van der Waals surface area contributed by atoms with Crippen LogP contribution >= 0.6 is 0 Å². The molecule has 0 amide bonds. The molecule has 0 aliphatic rings. The lowest BCUT2D eigenvalue weighted by Crippen LogP contribution is -1.59. The van der Waals surface area contributed by atoms with Crippen LogP contribution < -0.4 is 0 Å². The molecule has 0 aromatic rings. The lowest BCUT2D eigenvalue weighted by molar-refractivity contribution is 0.772. The van der Waals surface area contributed by atoms with Crippen LogP contribution in [-0.4, -0.2) is 0 Å². The van der Waals surface area contributed by atoms with Gasteiger partial charge in [-0.3, -0.25) is 0 Å². The van der Waals surface area contributed by atoms with E-state index in [0.29, 0.717) is 0 Å². The van der Waals surface area contributed by atoms with Crippen molar-refractivity contribution < 1.29 is 0 Å². The van der Waals surface area contributed by atoms with E-state index in [9.17, 15) is 0 Å². The first kappa shape index (κ1) is 81.1. The van der Waals surface area contributed by atoms with Crippen LogP contribution in [0.5, 0.6) is 0 Å². The molecule has 0 bridgehead atoms. The normalized spacial score (nSPS) is 5.33. The Morgan fingerprint density at radius 2 is 0.370 bits per heavy atom. The summed E-state index contributed by atoms with van der Waals surface area (Å²) in [5.74, 6) is 0. The number of hydrogen-bond donors (Lipinski definition) is 0. The van der Waals surface area contributed by atoms with Crippen LogP contribution in [0.3, 0.4) is 0 Å². The first-order valence-electron chi connectivity index (χ1n) is 10.1. The Labute approximate surface area is 185 Å². The highest BCUT2D eigenvalue weighted by molar-refractivity contribution is 4.24. The average Bonchev–Trinajstić information content (AvgIpc) is 2.46. The molecule has 0 aliphatic heterocycles. The van der Waals surface area contributed by atoms with Crippen molar-refractivity contribution in [2.45, 2.75) is 185 Å². The van der Waals surface area contributed by atoms with Crippen molar-refractivity contribution in [3.05, 3.63) is 0 Å². The molecule has 0 nitrogen and oxygen atoms in total. The lowest BCUT2D eigenvalue weighted by atomic mass is 10.3. The first-order valence-corrected chi connectivity index (χ1v) is 10.1. The van der Waals surface area contributed by atoms with Gasteiger partial charge in [0.2, 0.25) is 0 Å². The molecule has 0 aromatic carbocycles. The Morgan fingerprint density at radius 3 is 0.370 bits per heavy atom. The number of rotatable bonds is 4. The average molecular weight is 403 g/mol. The van der Waals surface area contributed by atoms with Gasteiger partial charge in [-0.25, -0.2) is 0 Å². The minimum absolute atomic E-state index is 0. The molecule has 0 atom stereocenters. The predicted molar refractivity (Wildman–Crippen MR) is 150 cm³/mol. The number of unbranched alkanes of at least 4 members (excludes halogenated alkanes) is 4. The van der Waals surface area contributed by atoms with Gasteiger partial charge >= 0.3 is 0 Å². The number of hydrogen-bond acceptors (Lipinski definition) is 0. The standard InChI is InChI=1S/2C5H12.3C3H8.C2H6.6CH4/c2*1-3-5-4-2;3*1-3-2;1-2;;;;;;/h2*3-5H2,1-2H3;3*3H2,1-2H3;1-2H3;6*1H4. The van der Waals surface area contributed by atoms with Crippen molar-refractivity contribution in [2.24, 2.45) is 0 Å². The quantitative estimate of drug-likeness (QED) is 0.438. The molecule has 0 aliphatic carbocycles. The summed E-state index contributed by atoms with van der Waals surface area (Å²) in [7, 11) is 0. The molecule has 0 heterocycles. The highest BCUT2D eigenvalue weighted by Crippen LogP contribution is 1.88. The van der Waals surface area contributed by atoms with Gasteiger partial charge in [0.15, 0.2) is 0 Å². The summed E-state index contributed by atoms with van der Waals surface area (Å²) >= 11 is 0. The van der Waals surface area contributed by atoms with Crippen LogP contribution in [0.1, 0.15) is 185 Å². The summed E-state index contributed by atoms with van der Waals surface area (Å²) in [6, 6.07) is 0. The van der Waals surface area contributed by atoms with E-state index in [1.54, 1.807) is 0 Å².